The fourth-order valence-corrected chi connectivity index (χ4v) is 1.62. The van der Waals surface area contributed by atoms with Crippen molar-refractivity contribution in [2.75, 3.05) is 6.54 Å². The lowest BCUT2D eigenvalue weighted by Gasteiger charge is -2.25. The Labute approximate surface area is 113 Å². The summed E-state index contributed by atoms with van der Waals surface area (Å²) in [7, 11) is 0. The van der Waals surface area contributed by atoms with Crippen LogP contribution in [0.15, 0.2) is 24.3 Å². The maximum atomic E-state index is 13.3. The van der Waals surface area contributed by atoms with Crippen LogP contribution in [0.5, 0.6) is 0 Å². The lowest BCUT2D eigenvalue weighted by atomic mass is 9.98. The van der Waals surface area contributed by atoms with Crippen molar-refractivity contribution in [1.29, 1.82) is 0 Å². The van der Waals surface area contributed by atoms with Gasteiger partial charge < -0.3 is 15.7 Å². The minimum Gasteiger partial charge on any atom is -0.388 e. The number of carbonyl (C=O) groups excluding carboxylic acids is 1. The molecule has 0 aliphatic heterocycles. The number of carbonyl (C=O) groups is 1. The van der Waals surface area contributed by atoms with Crippen LogP contribution in [-0.2, 0) is 6.54 Å². The molecule has 0 unspecified atom stereocenters. The molecule has 0 bridgehead atoms. The average Bonchev–Trinajstić information content (AvgIpc) is 2.44. The Hall–Kier alpha value is -1.62. The van der Waals surface area contributed by atoms with E-state index in [2.05, 4.69) is 10.6 Å². The molecule has 0 spiro atoms. The molecule has 3 N–H and O–H groups in total. The third kappa shape index (κ3) is 4.87. The molecule has 1 aromatic rings. The molecule has 1 aromatic carbocycles. The molecule has 0 heterocycles. The van der Waals surface area contributed by atoms with Crippen LogP contribution in [0.4, 0.5) is 9.18 Å². The number of urea groups is 1. The quantitative estimate of drug-likeness (QED) is 0.740. The van der Waals surface area contributed by atoms with Gasteiger partial charge in [-0.25, -0.2) is 9.18 Å². The van der Waals surface area contributed by atoms with E-state index >= 15 is 0 Å². The maximum absolute atomic E-state index is 13.3. The summed E-state index contributed by atoms with van der Waals surface area (Å²) in [5.41, 5.74) is -0.450. The van der Waals surface area contributed by atoms with Gasteiger partial charge in [0.15, 0.2) is 0 Å². The Balaban J connectivity index is 2.39. The first-order chi connectivity index (χ1) is 9.00. The van der Waals surface area contributed by atoms with Crippen LogP contribution in [0.25, 0.3) is 0 Å². The fraction of sp³-hybridized carbons (Fsp3) is 0.500. The molecule has 0 radical (unpaired) electrons. The molecule has 0 atom stereocenters. The molecule has 0 saturated heterocycles. The minimum atomic E-state index is -0.880. The summed E-state index contributed by atoms with van der Waals surface area (Å²) < 4.78 is 13.3. The highest BCUT2D eigenvalue weighted by Crippen LogP contribution is 2.12. The summed E-state index contributed by atoms with van der Waals surface area (Å²) >= 11 is 0. The number of aliphatic hydroxyl groups is 1. The van der Waals surface area contributed by atoms with Gasteiger partial charge >= 0.3 is 6.03 Å². The van der Waals surface area contributed by atoms with E-state index in [1.807, 2.05) is 13.8 Å². The molecule has 0 saturated carbocycles. The van der Waals surface area contributed by atoms with Crippen molar-refractivity contribution < 1.29 is 14.3 Å². The minimum absolute atomic E-state index is 0.120. The second-order valence-corrected chi connectivity index (χ2v) is 4.56. The molecular weight excluding hydrogens is 247 g/mol. The number of benzene rings is 1. The van der Waals surface area contributed by atoms with E-state index in [1.165, 1.54) is 6.07 Å². The van der Waals surface area contributed by atoms with Crippen molar-refractivity contribution in [3.05, 3.63) is 35.6 Å². The second kappa shape index (κ2) is 7.09. The molecule has 2 amide bonds. The van der Waals surface area contributed by atoms with Crippen LogP contribution in [0, 0.1) is 5.82 Å². The van der Waals surface area contributed by atoms with Crippen molar-refractivity contribution in [2.45, 2.75) is 38.8 Å². The SMILES string of the molecule is CCC(O)(CC)CNC(=O)NCc1ccccc1F. The van der Waals surface area contributed by atoms with Crippen LogP contribution >= 0.6 is 0 Å². The summed E-state index contributed by atoms with van der Waals surface area (Å²) in [5, 5.41) is 15.2. The Morgan fingerprint density at radius 2 is 1.89 bits per heavy atom. The highest BCUT2D eigenvalue weighted by atomic mass is 19.1. The van der Waals surface area contributed by atoms with Gasteiger partial charge in [0, 0.05) is 18.7 Å². The van der Waals surface area contributed by atoms with E-state index in [0.717, 1.165) is 0 Å². The molecule has 0 aliphatic carbocycles. The number of amides is 2. The topological polar surface area (TPSA) is 61.4 Å². The molecular formula is C14H21FN2O2. The predicted octanol–water partition coefficient (Wildman–Crippen LogP) is 2.18. The summed E-state index contributed by atoms with van der Waals surface area (Å²) in [6.07, 6.45) is 1.13. The normalized spacial score (nSPS) is 11.2. The zero-order valence-corrected chi connectivity index (χ0v) is 11.4. The van der Waals surface area contributed by atoms with Crippen molar-refractivity contribution in [3.8, 4) is 0 Å². The average molecular weight is 268 g/mol. The van der Waals surface area contributed by atoms with Crippen LogP contribution in [0.2, 0.25) is 0 Å². The molecule has 0 aliphatic rings. The van der Waals surface area contributed by atoms with Crippen LogP contribution < -0.4 is 10.6 Å². The number of hydrogen-bond acceptors (Lipinski definition) is 2. The maximum Gasteiger partial charge on any atom is 0.315 e. The van der Waals surface area contributed by atoms with Gasteiger partial charge in [-0.05, 0) is 18.9 Å². The van der Waals surface area contributed by atoms with E-state index in [0.29, 0.717) is 18.4 Å². The standard InChI is InChI=1S/C14H21FN2O2/c1-3-14(19,4-2)10-17-13(18)16-9-11-7-5-6-8-12(11)15/h5-8,19H,3-4,9-10H2,1-2H3,(H2,16,17,18). The zero-order chi connectivity index (χ0) is 14.3. The zero-order valence-electron chi connectivity index (χ0n) is 11.4. The smallest absolute Gasteiger partial charge is 0.315 e. The van der Waals surface area contributed by atoms with Gasteiger partial charge in [-0.15, -0.1) is 0 Å². The van der Waals surface area contributed by atoms with Crippen LogP contribution in [0.1, 0.15) is 32.3 Å². The van der Waals surface area contributed by atoms with Gasteiger partial charge in [0.05, 0.1) is 5.60 Å². The molecule has 0 aromatic heterocycles. The van der Waals surface area contributed by atoms with E-state index in [1.54, 1.807) is 18.2 Å². The van der Waals surface area contributed by atoms with Crippen LogP contribution in [-0.4, -0.2) is 23.3 Å². The highest BCUT2D eigenvalue weighted by molar-refractivity contribution is 5.73. The number of hydrogen-bond donors (Lipinski definition) is 3. The van der Waals surface area contributed by atoms with Gasteiger partial charge in [0.1, 0.15) is 5.82 Å². The first-order valence-electron chi connectivity index (χ1n) is 6.48. The van der Waals surface area contributed by atoms with Gasteiger partial charge in [0.2, 0.25) is 0 Å². The van der Waals surface area contributed by atoms with Gasteiger partial charge in [0.25, 0.3) is 0 Å². The molecule has 1 rings (SSSR count). The molecule has 0 fully saturated rings. The lowest BCUT2D eigenvalue weighted by Crippen LogP contribution is -2.45. The van der Waals surface area contributed by atoms with E-state index in [9.17, 15) is 14.3 Å². The second-order valence-electron chi connectivity index (χ2n) is 4.56. The largest absolute Gasteiger partial charge is 0.388 e. The molecule has 19 heavy (non-hydrogen) atoms. The Bertz CT molecular complexity index is 420. The summed E-state index contributed by atoms with van der Waals surface area (Å²) in [5.74, 6) is -0.346. The molecule has 4 nitrogen and oxygen atoms in total. The number of halogens is 1. The van der Waals surface area contributed by atoms with Crippen molar-refractivity contribution in [3.63, 3.8) is 0 Å². The summed E-state index contributed by atoms with van der Waals surface area (Å²) in [6, 6.07) is 5.86. The van der Waals surface area contributed by atoms with Gasteiger partial charge in [-0.1, -0.05) is 32.0 Å². The first kappa shape index (κ1) is 15.4. The van der Waals surface area contributed by atoms with Crippen LogP contribution in [0.3, 0.4) is 0 Å². The third-order valence-electron chi connectivity index (χ3n) is 3.29. The van der Waals surface area contributed by atoms with Crippen molar-refractivity contribution >= 4 is 6.03 Å². The third-order valence-corrected chi connectivity index (χ3v) is 3.29. The van der Waals surface area contributed by atoms with E-state index in [-0.39, 0.29) is 18.9 Å². The molecule has 5 heteroatoms. The Morgan fingerprint density at radius 1 is 1.26 bits per heavy atom. The number of rotatable bonds is 6. The highest BCUT2D eigenvalue weighted by Gasteiger charge is 2.22. The Morgan fingerprint density at radius 3 is 2.47 bits per heavy atom. The van der Waals surface area contributed by atoms with Crippen molar-refractivity contribution in [1.82, 2.24) is 10.6 Å². The summed E-state index contributed by atoms with van der Waals surface area (Å²) in [4.78, 5) is 11.6. The Kier molecular flexibility index (Phi) is 5.76. The lowest BCUT2D eigenvalue weighted by molar-refractivity contribution is 0.0349. The monoisotopic (exact) mass is 268 g/mol. The predicted molar refractivity (Wildman–Crippen MR) is 72.2 cm³/mol. The van der Waals surface area contributed by atoms with Gasteiger partial charge in [-0.3, -0.25) is 0 Å². The molecule has 106 valence electrons. The fourth-order valence-electron chi connectivity index (χ4n) is 1.62. The summed E-state index contributed by atoms with van der Waals surface area (Å²) in [6.45, 7) is 4.03. The van der Waals surface area contributed by atoms with E-state index in [4.69, 9.17) is 0 Å². The van der Waals surface area contributed by atoms with Gasteiger partial charge in [-0.2, -0.15) is 0 Å². The van der Waals surface area contributed by atoms with Crippen molar-refractivity contribution in [2.24, 2.45) is 0 Å². The first-order valence-corrected chi connectivity index (χ1v) is 6.48. The number of nitrogens with one attached hydrogen (secondary N) is 2. The van der Waals surface area contributed by atoms with E-state index < -0.39 is 11.6 Å².